The quantitative estimate of drug-likeness (QED) is 0.845. The molecule has 0 aromatic carbocycles. The average molecular weight is 255 g/mol. The summed E-state index contributed by atoms with van der Waals surface area (Å²) in [6.07, 6.45) is 0. The van der Waals surface area contributed by atoms with Crippen molar-refractivity contribution in [2.75, 3.05) is 14.2 Å². The van der Waals surface area contributed by atoms with Crippen LogP contribution in [0.25, 0.3) is 0 Å². The fourth-order valence-electron chi connectivity index (χ4n) is 1.96. The van der Waals surface area contributed by atoms with E-state index in [0.29, 0.717) is 17.6 Å². The molecule has 1 heterocycles. The Kier molecular flexibility index (Phi) is 4.87. The molecule has 5 nitrogen and oxygen atoms in total. The Morgan fingerprint density at radius 2 is 1.89 bits per heavy atom. The van der Waals surface area contributed by atoms with Crippen LogP contribution >= 0.6 is 0 Å². The van der Waals surface area contributed by atoms with Gasteiger partial charge in [-0.3, -0.25) is 0 Å². The maximum absolute atomic E-state index is 5.42. The first-order valence-electron chi connectivity index (χ1n) is 6.40. The molecule has 0 saturated heterocycles. The van der Waals surface area contributed by atoms with E-state index in [-0.39, 0.29) is 12.0 Å². The third-order valence-corrected chi connectivity index (χ3v) is 3.49. The number of aromatic nitrogens is 2. The predicted molar refractivity (Wildman–Crippen MR) is 70.4 cm³/mol. The van der Waals surface area contributed by atoms with Crippen molar-refractivity contribution in [3.8, 4) is 0 Å². The highest BCUT2D eigenvalue weighted by Crippen LogP contribution is 2.29. The molecule has 1 aromatic rings. The lowest BCUT2D eigenvalue weighted by atomic mass is 9.89. The van der Waals surface area contributed by atoms with Gasteiger partial charge < -0.3 is 14.6 Å². The van der Waals surface area contributed by atoms with Gasteiger partial charge >= 0.3 is 0 Å². The van der Waals surface area contributed by atoms with Crippen molar-refractivity contribution in [1.82, 2.24) is 15.5 Å². The Labute approximate surface area is 109 Å². The van der Waals surface area contributed by atoms with Crippen LogP contribution in [0.4, 0.5) is 0 Å². The second-order valence-corrected chi connectivity index (χ2v) is 5.52. The van der Waals surface area contributed by atoms with E-state index in [9.17, 15) is 0 Å². The summed E-state index contributed by atoms with van der Waals surface area (Å²) in [6, 6.07) is 0.281. The Morgan fingerprint density at radius 3 is 2.33 bits per heavy atom. The van der Waals surface area contributed by atoms with Crippen molar-refractivity contribution in [2.45, 2.75) is 52.2 Å². The monoisotopic (exact) mass is 255 g/mol. The molecule has 0 aliphatic carbocycles. The normalized spacial score (nSPS) is 16.0. The number of hydrogen-bond acceptors (Lipinski definition) is 5. The van der Waals surface area contributed by atoms with E-state index in [1.165, 1.54) is 0 Å². The van der Waals surface area contributed by atoms with Gasteiger partial charge in [0.25, 0.3) is 0 Å². The molecule has 0 fully saturated rings. The highest BCUT2D eigenvalue weighted by Gasteiger charge is 2.31. The third kappa shape index (κ3) is 3.09. The smallest absolute Gasteiger partial charge is 0.231 e. The van der Waals surface area contributed by atoms with Crippen LogP contribution in [-0.2, 0) is 10.3 Å². The van der Waals surface area contributed by atoms with E-state index in [4.69, 9.17) is 9.26 Å². The van der Waals surface area contributed by atoms with Gasteiger partial charge in [0, 0.05) is 13.2 Å². The Morgan fingerprint density at radius 1 is 1.28 bits per heavy atom. The summed E-state index contributed by atoms with van der Waals surface area (Å²) < 4.78 is 10.8. The van der Waals surface area contributed by atoms with E-state index < -0.39 is 5.60 Å². The summed E-state index contributed by atoms with van der Waals surface area (Å²) in [4.78, 5) is 4.50. The maximum atomic E-state index is 5.42. The summed E-state index contributed by atoms with van der Waals surface area (Å²) in [5.74, 6) is 1.89. The molecule has 1 N–H and O–H groups in total. The molecule has 0 radical (unpaired) electrons. The van der Waals surface area contributed by atoms with Gasteiger partial charge in [-0.25, -0.2) is 0 Å². The van der Waals surface area contributed by atoms with E-state index in [1.807, 2.05) is 20.9 Å². The first-order chi connectivity index (χ1) is 8.33. The summed E-state index contributed by atoms with van der Waals surface area (Å²) in [5.41, 5.74) is -0.522. The van der Waals surface area contributed by atoms with Crippen LogP contribution in [0.2, 0.25) is 0 Å². The lowest BCUT2D eigenvalue weighted by Crippen LogP contribution is -2.32. The molecule has 2 unspecified atom stereocenters. The van der Waals surface area contributed by atoms with Gasteiger partial charge in [0.05, 0.1) is 5.92 Å². The molecule has 0 amide bonds. The number of hydrogen-bond donors (Lipinski definition) is 1. The standard InChI is InChI=1S/C13H25N3O2/c1-8(2)10(9(3)14-6)11-15-12(16-18-11)13(4,5)17-7/h8-10,14H,1-7H3. The first kappa shape index (κ1) is 15.1. The van der Waals surface area contributed by atoms with E-state index in [1.54, 1.807) is 7.11 Å². The molecule has 0 aliphatic heterocycles. The highest BCUT2D eigenvalue weighted by atomic mass is 16.5. The second-order valence-electron chi connectivity index (χ2n) is 5.52. The van der Waals surface area contributed by atoms with Crippen LogP contribution in [0.3, 0.4) is 0 Å². The summed E-state index contributed by atoms with van der Waals surface area (Å²) in [6.45, 7) is 10.3. The van der Waals surface area contributed by atoms with Crippen LogP contribution in [0.1, 0.15) is 52.3 Å². The zero-order valence-electron chi connectivity index (χ0n) is 12.4. The number of nitrogens with one attached hydrogen (secondary N) is 1. The van der Waals surface area contributed by atoms with Crippen LogP contribution in [-0.4, -0.2) is 30.3 Å². The summed E-state index contributed by atoms with van der Waals surface area (Å²) >= 11 is 0. The number of ether oxygens (including phenoxy) is 1. The Balaban J connectivity index is 3.02. The summed E-state index contributed by atoms with van der Waals surface area (Å²) in [5, 5.41) is 7.29. The van der Waals surface area contributed by atoms with Crippen LogP contribution in [0.5, 0.6) is 0 Å². The molecule has 0 bridgehead atoms. The highest BCUT2D eigenvalue weighted by molar-refractivity contribution is 5.03. The van der Waals surface area contributed by atoms with E-state index >= 15 is 0 Å². The maximum Gasteiger partial charge on any atom is 0.231 e. The van der Waals surface area contributed by atoms with Gasteiger partial charge in [0.2, 0.25) is 11.7 Å². The minimum Gasteiger partial charge on any atom is -0.371 e. The molecule has 5 heteroatoms. The first-order valence-corrected chi connectivity index (χ1v) is 6.40. The van der Waals surface area contributed by atoms with Crippen molar-refractivity contribution in [2.24, 2.45) is 5.92 Å². The predicted octanol–water partition coefficient (Wildman–Crippen LogP) is 2.30. The van der Waals surface area contributed by atoms with Crippen LogP contribution in [0, 0.1) is 5.92 Å². The molecule has 104 valence electrons. The minimum absolute atomic E-state index is 0.198. The molecular formula is C13H25N3O2. The third-order valence-electron chi connectivity index (χ3n) is 3.49. The number of nitrogens with zero attached hydrogens (tertiary/aromatic N) is 2. The Bertz CT molecular complexity index is 374. The molecular weight excluding hydrogens is 230 g/mol. The SMILES string of the molecule is CNC(C)C(c1nc(C(C)(C)OC)no1)C(C)C. The van der Waals surface area contributed by atoms with E-state index in [0.717, 1.165) is 0 Å². The number of methoxy groups -OCH3 is 1. The van der Waals surface area contributed by atoms with Crippen LogP contribution < -0.4 is 5.32 Å². The van der Waals surface area contributed by atoms with Crippen molar-refractivity contribution < 1.29 is 9.26 Å². The average Bonchev–Trinajstić information content (AvgIpc) is 2.78. The van der Waals surface area contributed by atoms with Gasteiger partial charge in [-0.1, -0.05) is 19.0 Å². The van der Waals surface area contributed by atoms with Crippen molar-refractivity contribution in [3.63, 3.8) is 0 Å². The molecule has 2 atom stereocenters. The fraction of sp³-hybridized carbons (Fsp3) is 0.846. The summed E-state index contributed by atoms with van der Waals surface area (Å²) in [7, 11) is 3.59. The van der Waals surface area contributed by atoms with Crippen molar-refractivity contribution in [3.05, 3.63) is 11.7 Å². The molecule has 0 saturated carbocycles. The molecule has 0 aliphatic rings. The largest absolute Gasteiger partial charge is 0.371 e. The zero-order chi connectivity index (χ0) is 13.9. The lowest BCUT2D eigenvalue weighted by molar-refractivity contribution is 0.00973. The Hall–Kier alpha value is -0.940. The van der Waals surface area contributed by atoms with Crippen molar-refractivity contribution >= 4 is 0 Å². The van der Waals surface area contributed by atoms with Crippen LogP contribution in [0.15, 0.2) is 4.52 Å². The fourth-order valence-corrected chi connectivity index (χ4v) is 1.96. The molecule has 18 heavy (non-hydrogen) atoms. The van der Waals surface area contributed by atoms with Gasteiger partial charge in [0.15, 0.2) is 0 Å². The number of rotatable bonds is 6. The van der Waals surface area contributed by atoms with Gasteiger partial charge in [-0.2, -0.15) is 4.98 Å². The topological polar surface area (TPSA) is 60.2 Å². The number of likely N-dealkylation sites (N-methyl/N-ethyl adjacent to an activating group) is 1. The van der Waals surface area contributed by atoms with Gasteiger partial charge in [0.1, 0.15) is 5.60 Å². The lowest BCUT2D eigenvalue weighted by Gasteiger charge is -2.23. The minimum atomic E-state index is -0.522. The van der Waals surface area contributed by atoms with E-state index in [2.05, 4.69) is 36.2 Å². The second kappa shape index (κ2) is 5.80. The molecule has 0 spiro atoms. The molecule has 1 aromatic heterocycles. The van der Waals surface area contributed by atoms with Gasteiger partial charge in [-0.05, 0) is 33.7 Å². The molecule has 1 rings (SSSR count). The van der Waals surface area contributed by atoms with Gasteiger partial charge in [-0.15, -0.1) is 0 Å². The van der Waals surface area contributed by atoms with Crippen molar-refractivity contribution in [1.29, 1.82) is 0 Å². The zero-order valence-corrected chi connectivity index (χ0v) is 12.4.